The average molecular weight is 256 g/mol. The van der Waals surface area contributed by atoms with E-state index in [-0.39, 0.29) is 18.1 Å². The maximum Gasteiger partial charge on any atom is 0.158 e. The van der Waals surface area contributed by atoms with Gasteiger partial charge in [-0.25, -0.2) is 4.39 Å². The number of nitrogens with zero attached hydrogens (tertiary/aromatic N) is 1. The topological polar surface area (TPSA) is 47.7 Å². The van der Waals surface area contributed by atoms with Crippen molar-refractivity contribution in [2.24, 2.45) is 5.73 Å². The Morgan fingerprint density at radius 2 is 1.78 bits per heavy atom. The van der Waals surface area contributed by atoms with Crippen LogP contribution in [0.1, 0.15) is 6.42 Å². The summed E-state index contributed by atoms with van der Waals surface area (Å²) in [5, 5.41) is 0. The Bertz CT molecular complexity index is 341. The summed E-state index contributed by atoms with van der Waals surface area (Å²) in [6.07, 6.45) is 0.360. The van der Waals surface area contributed by atoms with Gasteiger partial charge in [-0.3, -0.25) is 0 Å². The molecule has 5 heteroatoms. The third kappa shape index (κ3) is 3.94. The zero-order valence-corrected chi connectivity index (χ0v) is 11.1. The first-order valence-electron chi connectivity index (χ1n) is 5.86. The molecule has 0 amide bonds. The van der Waals surface area contributed by atoms with Gasteiger partial charge in [-0.05, 0) is 24.3 Å². The molecule has 0 saturated heterocycles. The molecule has 0 aliphatic heterocycles. The van der Waals surface area contributed by atoms with Gasteiger partial charge < -0.3 is 20.1 Å². The number of hydrogen-bond acceptors (Lipinski definition) is 4. The lowest BCUT2D eigenvalue weighted by Gasteiger charge is -2.31. The van der Waals surface area contributed by atoms with E-state index >= 15 is 0 Å². The molecular weight excluding hydrogens is 235 g/mol. The standard InChI is InChI=1S/C13H21FN2O2/c1-16(11-6-4-10(14)5-7-11)12(9-15)8-13(17-2)18-3/h4-7,12-13H,8-9,15H2,1-3H3. The summed E-state index contributed by atoms with van der Waals surface area (Å²) in [4.78, 5) is 2.00. The predicted molar refractivity (Wildman–Crippen MR) is 70.1 cm³/mol. The van der Waals surface area contributed by atoms with Crippen LogP contribution in [0.2, 0.25) is 0 Å². The van der Waals surface area contributed by atoms with Gasteiger partial charge in [-0.1, -0.05) is 0 Å². The molecule has 4 nitrogen and oxygen atoms in total. The van der Waals surface area contributed by atoms with Crippen molar-refractivity contribution in [3.8, 4) is 0 Å². The van der Waals surface area contributed by atoms with E-state index < -0.39 is 0 Å². The number of hydrogen-bond donors (Lipinski definition) is 1. The van der Waals surface area contributed by atoms with Crippen LogP contribution in [0, 0.1) is 5.82 Å². The Morgan fingerprint density at radius 3 is 2.22 bits per heavy atom. The highest BCUT2D eigenvalue weighted by Gasteiger charge is 2.19. The molecule has 0 bridgehead atoms. The van der Waals surface area contributed by atoms with Crippen LogP contribution in [0.3, 0.4) is 0 Å². The summed E-state index contributed by atoms with van der Waals surface area (Å²) in [6, 6.07) is 6.40. The van der Waals surface area contributed by atoms with Crippen LogP contribution in [-0.4, -0.2) is 40.1 Å². The van der Waals surface area contributed by atoms with Crippen LogP contribution in [-0.2, 0) is 9.47 Å². The number of methoxy groups -OCH3 is 2. The summed E-state index contributed by atoms with van der Waals surface area (Å²) in [7, 11) is 5.12. The van der Waals surface area contributed by atoms with Gasteiger partial charge in [-0.15, -0.1) is 0 Å². The maximum atomic E-state index is 12.9. The van der Waals surface area contributed by atoms with Gasteiger partial charge in [0.15, 0.2) is 6.29 Å². The first kappa shape index (κ1) is 14.9. The van der Waals surface area contributed by atoms with Crippen molar-refractivity contribution in [1.29, 1.82) is 0 Å². The largest absolute Gasteiger partial charge is 0.370 e. The molecule has 2 N–H and O–H groups in total. The lowest BCUT2D eigenvalue weighted by molar-refractivity contribution is -0.108. The third-order valence-corrected chi connectivity index (χ3v) is 3.04. The van der Waals surface area contributed by atoms with Crippen LogP contribution in [0.4, 0.5) is 10.1 Å². The first-order valence-corrected chi connectivity index (χ1v) is 5.86. The van der Waals surface area contributed by atoms with Crippen LogP contribution in [0.25, 0.3) is 0 Å². The quantitative estimate of drug-likeness (QED) is 0.753. The zero-order valence-electron chi connectivity index (χ0n) is 11.1. The van der Waals surface area contributed by atoms with Crippen LogP contribution < -0.4 is 10.6 Å². The van der Waals surface area contributed by atoms with Crippen LogP contribution in [0.5, 0.6) is 0 Å². The zero-order chi connectivity index (χ0) is 13.5. The Hall–Kier alpha value is -1.17. The summed E-state index contributed by atoms with van der Waals surface area (Å²) in [5.41, 5.74) is 6.69. The summed E-state index contributed by atoms with van der Waals surface area (Å²) in [6.45, 7) is 0.469. The van der Waals surface area contributed by atoms with Gasteiger partial charge in [0.1, 0.15) is 5.82 Å². The molecule has 0 heterocycles. The van der Waals surface area contributed by atoms with Crippen molar-refractivity contribution < 1.29 is 13.9 Å². The first-order chi connectivity index (χ1) is 8.62. The minimum atomic E-state index is -0.290. The molecule has 1 atom stereocenters. The Labute approximate surface area is 107 Å². The molecule has 0 aliphatic carbocycles. The van der Waals surface area contributed by atoms with Gasteiger partial charge in [0.25, 0.3) is 0 Å². The Morgan fingerprint density at radius 1 is 1.22 bits per heavy atom. The molecule has 1 rings (SSSR count). The minimum Gasteiger partial charge on any atom is -0.370 e. The van der Waals surface area contributed by atoms with E-state index in [0.29, 0.717) is 13.0 Å². The SMILES string of the molecule is COC(CC(CN)N(C)c1ccc(F)cc1)OC. The molecule has 0 spiro atoms. The Kier molecular flexibility index (Phi) is 6.04. The normalized spacial score (nSPS) is 12.8. The monoisotopic (exact) mass is 256 g/mol. The van der Waals surface area contributed by atoms with Crippen molar-refractivity contribution >= 4 is 5.69 Å². The smallest absolute Gasteiger partial charge is 0.158 e. The lowest BCUT2D eigenvalue weighted by Crippen LogP contribution is -2.41. The van der Waals surface area contributed by atoms with Crippen molar-refractivity contribution in [1.82, 2.24) is 0 Å². The lowest BCUT2D eigenvalue weighted by atomic mass is 10.1. The third-order valence-electron chi connectivity index (χ3n) is 3.04. The molecule has 0 aromatic heterocycles. The fraction of sp³-hybridized carbons (Fsp3) is 0.538. The summed E-state index contributed by atoms with van der Waals surface area (Å²) >= 11 is 0. The Balaban J connectivity index is 2.72. The second-order valence-corrected chi connectivity index (χ2v) is 4.11. The number of halogens is 1. The van der Waals surface area contributed by atoms with E-state index in [9.17, 15) is 4.39 Å². The molecule has 1 aromatic rings. The van der Waals surface area contributed by atoms with Crippen LogP contribution >= 0.6 is 0 Å². The van der Waals surface area contributed by atoms with E-state index in [4.69, 9.17) is 15.2 Å². The van der Waals surface area contributed by atoms with Crippen LogP contribution in [0.15, 0.2) is 24.3 Å². The summed E-state index contributed by atoms with van der Waals surface area (Å²) in [5.74, 6) is -0.247. The van der Waals surface area contributed by atoms with Crippen molar-refractivity contribution in [2.45, 2.75) is 18.8 Å². The minimum absolute atomic E-state index is 0.0698. The van der Waals surface area contributed by atoms with E-state index in [1.165, 1.54) is 12.1 Å². The second kappa shape index (κ2) is 7.31. The van der Waals surface area contributed by atoms with Gasteiger partial charge in [0, 0.05) is 46.0 Å². The van der Waals surface area contributed by atoms with Gasteiger partial charge >= 0.3 is 0 Å². The molecule has 0 radical (unpaired) electrons. The van der Waals surface area contributed by atoms with Gasteiger partial charge in [0.2, 0.25) is 0 Å². The number of benzene rings is 1. The molecule has 102 valence electrons. The van der Waals surface area contributed by atoms with Gasteiger partial charge in [-0.2, -0.15) is 0 Å². The number of nitrogens with two attached hydrogens (primary N) is 1. The van der Waals surface area contributed by atoms with Crippen molar-refractivity contribution in [3.63, 3.8) is 0 Å². The molecule has 1 aromatic carbocycles. The average Bonchev–Trinajstić information content (AvgIpc) is 2.40. The molecule has 1 unspecified atom stereocenters. The molecule has 18 heavy (non-hydrogen) atoms. The fourth-order valence-corrected chi connectivity index (χ4v) is 1.81. The van der Waals surface area contributed by atoms with E-state index in [0.717, 1.165) is 5.69 Å². The van der Waals surface area contributed by atoms with E-state index in [2.05, 4.69) is 0 Å². The fourth-order valence-electron chi connectivity index (χ4n) is 1.81. The second-order valence-electron chi connectivity index (χ2n) is 4.11. The van der Waals surface area contributed by atoms with E-state index in [1.54, 1.807) is 26.4 Å². The van der Waals surface area contributed by atoms with E-state index in [1.807, 2.05) is 11.9 Å². The molecule has 0 saturated carbocycles. The number of likely N-dealkylation sites (N-methyl/N-ethyl adjacent to an activating group) is 1. The number of anilines is 1. The van der Waals surface area contributed by atoms with Gasteiger partial charge in [0.05, 0.1) is 0 Å². The molecule has 0 fully saturated rings. The highest BCUT2D eigenvalue weighted by atomic mass is 19.1. The molecule has 0 aliphatic rings. The van der Waals surface area contributed by atoms with Crippen molar-refractivity contribution in [2.75, 3.05) is 32.7 Å². The molecular formula is C13H21FN2O2. The number of rotatable bonds is 7. The highest BCUT2D eigenvalue weighted by molar-refractivity contribution is 5.46. The van der Waals surface area contributed by atoms with Crippen molar-refractivity contribution in [3.05, 3.63) is 30.1 Å². The maximum absolute atomic E-state index is 12.9. The number of ether oxygens (including phenoxy) is 2. The highest BCUT2D eigenvalue weighted by Crippen LogP contribution is 2.18. The summed E-state index contributed by atoms with van der Waals surface area (Å²) < 4.78 is 23.2. The predicted octanol–water partition coefficient (Wildman–Crippen LogP) is 1.60.